The van der Waals surface area contributed by atoms with Gasteiger partial charge < -0.3 is 20.3 Å². The molecule has 80 heavy (non-hydrogen) atoms. The van der Waals surface area contributed by atoms with Gasteiger partial charge in [-0.15, -0.1) is 0 Å². The third-order valence-corrected chi connectivity index (χ3v) is 17.3. The molecule has 0 saturated heterocycles. The molecule has 474 valence electrons. The van der Waals surface area contributed by atoms with Crippen LogP contribution in [0.25, 0.3) is 0 Å². The molecule has 0 aromatic carbocycles. The smallest absolute Gasteiger partial charge is 0.305 e. The van der Waals surface area contributed by atoms with Gasteiger partial charge in [0.25, 0.3) is 0 Å². The number of aliphatic hydroxyl groups excluding tert-OH is 2. The van der Waals surface area contributed by atoms with Crippen LogP contribution in [0.4, 0.5) is 0 Å². The zero-order chi connectivity index (χ0) is 57.8. The van der Waals surface area contributed by atoms with Crippen molar-refractivity contribution in [2.45, 2.75) is 424 Å². The molecule has 0 aromatic heterocycles. The van der Waals surface area contributed by atoms with Gasteiger partial charge >= 0.3 is 5.97 Å². The van der Waals surface area contributed by atoms with E-state index >= 15 is 0 Å². The van der Waals surface area contributed by atoms with E-state index in [9.17, 15) is 19.8 Å². The first-order chi connectivity index (χ1) is 39.5. The molecule has 0 rings (SSSR count). The summed E-state index contributed by atoms with van der Waals surface area (Å²) in [7, 11) is 0. The molecule has 2 atom stereocenters. The predicted molar refractivity (Wildman–Crippen MR) is 352 cm³/mol. The monoisotopic (exact) mass is 1130 g/mol. The summed E-state index contributed by atoms with van der Waals surface area (Å²) in [5, 5.41) is 23.5. The minimum absolute atomic E-state index is 0.00593. The van der Waals surface area contributed by atoms with Crippen molar-refractivity contribution in [3.05, 3.63) is 24.3 Å². The molecule has 0 aliphatic heterocycles. The van der Waals surface area contributed by atoms with Crippen LogP contribution >= 0.6 is 0 Å². The van der Waals surface area contributed by atoms with E-state index in [0.29, 0.717) is 25.9 Å². The van der Waals surface area contributed by atoms with E-state index in [1.807, 2.05) is 0 Å². The van der Waals surface area contributed by atoms with Crippen LogP contribution in [-0.4, -0.2) is 47.4 Å². The fourth-order valence-corrected chi connectivity index (χ4v) is 11.7. The number of nitrogens with one attached hydrogen (secondary N) is 1. The number of ether oxygens (including phenoxy) is 1. The van der Waals surface area contributed by atoms with E-state index in [-0.39, 0.29) is 18.5 Å². The van der Waals surface area contributed by atoms with Crippen LogP contribution in [-0.2, 0) is 14.3 Å². The van der Waals surface area contributed by atoms with Crippen LogP contribution in [0, 0.1) is 0 Å². The number of carbonyl (C=O) groups is 2. The van der Waals surface area contributed by atoms with Crippen LogP contribution in [0.2, 0.25) is 0 Å². The van der Waals surface area contributed by atoms with E-state index in [1.54, 1.807) is 0 Å². The number of allylic oxidation sites excluding steroid dienone is 4. The Labute approximate surface area is 501 Å². The lowest BCUT2D eigenvalue weighted by atomic mass is 10.0. The number of unbranched alkanes of at least 4 members (excludes halogenated alkanes) is 54. The first-order valence-corrected chi connectivity index (χ1v) is 36.6. The van der Waals surface area contributed by atoms with Gasteiger partial charge in [-0.05, 0) is 57.8 Å². The summed E-state index contributed by atoms with van der Waals surface area (Å²) < 4.78 is 5.50. The molecular weight excluding hydrogens is 983 g/mol. The zero-order valence-electron chi connectivity index (χ0n) is 54.3. The number of carbonyl (C=O) groups excluding carboxylic acids is 2. The molecule has 0 radical (unpaired) electrons. The lowest BCUT2D eigenvalue weighted by molar-refractivity contribution is -0.143. The van der Waals surface area contributed by atoms with Crippen LogP contribution in [0.3, 0.4) is 0 Å². The average Bonchev–Trinajstić information content (AvgIpc) is 3.46. The molecule has 0 saturated carbocycles. The van der Waals surface area contributed by atoms with Crippen molar-refractivity contribution in [3.8, 4) is 0 Å². The summed E-state index contributed by atoms with van der Waals surface area (Å²) in [5.74, 6) is -0.0251. The van der Waals surface area contributed by atoms with E-state index in [1.165, 1.54) is 327 Å². The van der Waals surface area contributed by atoms with E-state index in [4.69, 9.17) is 4.74 Å². The summed E-state index contributed by atoms with van der Waals surface area (Å²) in [5.41, 5.74) is 0. The second kappa shape index (κ2) is 69.8. The zero-order valence-corrected chi connectivity index (χ0v) is 54.3. The molecule has 1 amide bonds. The molecule has 6 heteroatoms. The van der Waals surface area contributed by atoms with Crippen LogP contribution in [0.5, 0.6) is 0 Å². The number of amides is 1. The summed E-state index contributed by atoms with van der Waals surface area (Å²) >= 11 is 0. The standard InChI is InChI=1S/C74H143NO5/c1-3-5-7-9-11-13-15-17-19-21-23-24-25-26-28-31-34-38-42-46-50-54-58-62-66-72(77)71(70-76)75-73(78)67-63-59-55-51-47-43-39-35-32-29-27-30-33-37-41-45-49-53-57-61-65-69-80-74(79)68-64-60-56-52-48-44-40-36-22-20-18-16-14-12-10-8-6-4-2/h14,16,20,22,71-72,76-77H,3-13,15,17-19,21,23-70H2,1-2H3,(H,75,78)/b16-14-,22-20-. The second-order valence-corrected chi connectivity index (χ2v) is 25.3. The van der Waals surface area contributed by atoms with Crippen molar-refractivity contribution in [2.24, 2.45) is 0 Å². The summed E-state index contributed by atoms with van der Waals surface area (Å²) in [6, 6.07) is -0.544. The molecule has 0 bridgehead atoms. The van der Waals surface area contributed by atoms with Crippen LogP contribution < -0.4 is 5.32 Å². The number of aliphatic hydroxyl groups is 2. The summed E-state index contributed by atoms with van der Waals surface area (Å²) in [6.45, 7) is 4.97. The molecule has 2 unspecified atom stereocenters. The molecule has 0 fully saturated rings. The highest BCUT2D eigenvalue weighted by atomic mass is 16.5. The second-order valence-electron chi connectivity index (χ2n) is 25.3. The maximum Gasteiger partial charge on any atom is 0.305 e. The average molecular weight is 1130 g/mol. The molecule has 3 N–H and O–H groups in total. The molecule has 0 heterocycles. The molecular formula is C74H143NO5. The fourth-order valence-electron chi connectivity index (χ4n) is 11.7. The van der Waals surface area contributed by atoms with Gasteiger partial charge in [-0.3, -0.25) is 9.59 Å². The predicted octanol–water partition coefficient (Wildman–Crippen LogP) is 23.7. The highest BCUT2D eigenvalue weighted by molar-refractivity contribution is 5.76. The topological polar surface area (TPSA) is 95.9 Å². The van der Waals surface area contributed by atoms with Gasteiger partial charge in [0.1, 0.15) is 0 Å². The van der Waals surface area contributed by atoms with Crippen molar-refractivity contribution in [2.75, 3.05) is 13.2 Å². The van der Waals surface area contributed by atoms with Gasteiger partial charge in [0.05, 0.1) is 25.4 Å². The van der Waals surface area contributed by atoms with Gasteiger partial charge in [0.15, 0.2) is 0 Å². The van der Waals surface area contributed by atoms with E-state index < -0.39 is 12.1 Å². The molecule has 0 aromatic rings. The van der Waals surface area contributed by atoms with Gasteiger partial charge in [0.2, 0.25) is 5.91 Å². The largest absolute Gasteiger partial charge is 0.466 e. The van der Waals surface area contributed by atoms with Crippen LogP contribution in [0.15, 0.2) is 24.3 Å². The number of esters is 1. The highest BCUT2D eigenvalue weighted by Crippen LogP contribution is 2.19. The lowest BCUT2D eigenvalue weighted by Crippen LogP contribution is -2.45. The Kier molecular flexibility index (Phi) is 68.4. The highest BCUT2D eigenvalue weighted by Gasteiger charge is 2.20. The van der Waals surface area contributed by atoms with Gasteiger partial charge in [0, 0.05) is 12.8 Å². The van der Waals surface area contributed by atoms with Crippen molar-refractivity contribution in [3.63, 3.8) is 0 Å². The minimum atomic E-state index is -0.667. The van der Waals surface area contributed by atoms with Crippen molar-refractivity contribution >= 4 is 11.9 Å². The number of hydrogen-bond donors (Lipinski definition) is 3. The maximum absolute atomic E-state index is 12.6. The lowest BCUT2D eigenvalue weighted by Gasteiger charge is -2.22. The van der Waals surface area contributed by atoms with Gasteiger partial charge in [-0.2, -0.15) is 0 Å². The third kappa shape index (κ3) is 65.5. The van der Waals surface area contributed by atoms with E-state index in [0.717, 1.165) is 51.4 Å². The number of hydrogen-bond acceptors (Lipinski definition) is 5. The van der Waals surface area contributed by atoms with Crippen molar-refractivity contribution < 1.29 is 24.5 Å². The first-order valence-electron chi connectivity index (χ1n) is 36.6. The first kappa shape index (κ1) is 78.3. The molecule has 0 aliphatic rings. The normalized spacial score (nSPS) is 12.6. The minimum Gasteiger partial charge on any atom is -0.466 e. The Hall–Kier alpha value is -1.66. The molecule has 0 aliphatic carbocycles. The fraction of sp³-hybridized carbons (Fsp3) is 0.919. The maximum atomic E-state index is 12.6. The Morgan fingerprint density at radius 3 is 0.963 bits per heavy atom. The van der Waals surface area contributed by atoms with Gasteiger partial charge in [-0.1, -0.05) is 366 Å². The summed E-state index contributed by atoms with van der Waals surface area (Å²) in [6.07, 6.45) is 88.0. The summed E-state index contributed by atoms with van der Waals surface area (Å²) in [4.78, 5) is 24.7. The van der Waals surface area contributed by atoms with Crippen molar-refractivity contribution in [1.82, 2.24) is 5.32 Å². The Morgan fingerprint density at radius 2 is 0.625 bits per heavy atom. The van der Waals surface area contributed by atoms with Crippen LogP contribution in [0.1, 0.15) is 412 Å². The van der Waals surface area contributed by atoms with Gasteiger partial charge in [-0.25, -0.2) is 0 Å². The van der Waals surface area contributed by atoms with E-state index in [2.05, 4.69) is 43.5 Å². The Bertz CT molecular complexity index is 1250. The molecule has 6 nitrogen and oxygen atoms in total. The third-order valence-electron chi connectivity index (χ3n) is 17.3. The SMILES string of the molecule is CCCCCC/C=C\C/C=C\CCCCCCCCCC(=O)OCCCCCCCCCCCCCCCCCCCCCCCC(=O)NC(CO)C(O)CCCCCCCCCCCCCCCCCCCCCCCCCC. The Morgan fingerprint density at radius 1 is 0.350 bits per heavy atom. The molecule has 0 spiro atoms. The number of rotatable bonds is 69. The quantitative estimate of drug-likeness (QED) is 0.0320. The Balaban J connectivity index is 3.38. The van der Waals surface area contributed by atoms with Crippen molar-refractivity contribution in [1.29, 1.82) is 0 Å².